The van der Waals surface area contributed by atoms with Gasteiger partial charge in [0.05, 0.1) is 0 Å². The van der Waals surface area contributed by atoms with Gasteiger partial charge >= 0.3 is 0 Å². The van der Waals surface area contributed by atoms with E-state index in [1.165, 1.54) is 16.8 Å². The molecular formula is C15H15N5O3S. The second-order valence-corrected chi connectivity index (χ2v) is 6.64. The van der Waals surface area contributed by atoms with Crippen LogP contribution in [0.4, 0.5) is 0 Å². The van der Waals surface area contributed by atoms with Gasteiger partial charge in [0.1, 0.15) is 17.3 Å². The molecular weight excluding hydrogens is 330 g/mol. The molecule has 2 heterocycles. The lowest BCUT2D eigenvalue weighted by Gasteiger charge is -2.06. The van der Waals surface area contributed by atoms with E-state index in [2.05, 4.69) is 15.1 Å². The maximum absolute atomic E-state index is 11.3. The van der Waals surface area contributed by atoms with Crippen LogP contribution in [0.3, 0.4) is 0 Å². The third kappa shape index (κ3) is 3.48. The van der Waals surface area contributed by atoms with Gasteiger partial charge in [0.25, 0.3) is 0 Å². The molecule has 0 radical (unpaired) electrons. The Morgan fingerprint density at radius 2 is 1.88 bits per heavy atom. The van der Waals surface area contributed by atoms with Crippen LogP contribution in [0.2, 0.25) is 0 Å². The third-order valence-corrected chi connectivity index (χ3v) is 4.23. The fourth-order valence-electron chi connectivity index (χ4n) is 2.20. The summed E-state index contributed by atoms with van der Waals surface area (Å²) in [4.78, 5) is 8.29. The second-order valence-electron chi connectivity index (χ2n) is 5.07. The molecule has 0 aliphatic rings. The molecule has 124 valence electrons. The number of nitrogens with zero attached hydrogens (tertiary/aromatic N) is 4. The summed E-state index contributed by atoms with van der Waals surface area (Å²) >= 11 is 0. The molecule has 0 atom stereocenters. The molecule has 0 spiro atoms. The highest BCUT2D eigenvalue weighted by atomic mass is 32.2. The number of hydrogen-bond acceptors (Lipinski definition) is 6. The molecule has 9 heteroatoms. The summed E-state index contributed by atoms with van der Waals surface area (Å²) in [5.74, 6) is 1.24. The van der Waals surface area contributed by atoms with Crippen molar-refractivity contribution in [1.82, 2.24) is 19.7 Å². The Hall–Kier alpha value is -2.62. The van der Waals surface area contributed by atoms with E-state index in [0.29, 0.717) is 18.1 Å². The summed E-state index contributed by atoms with van der Waals surface area (Å²) < 4.78 is 24.1. The lowest BCUT2D eigenvalue weighted by atomic mass is 10.1. The number of aliphatic hydroxyl groups is 1. The Labute approximate surface area is 138 Å². The van der Waals surface area contributed by atoms with Crippen LogP contribution in [0.15, 0.2) is 53.6 Å². The van der Waals surface area contributed by atoms with Gasteiger partial charge < -0.3 is 5.11 Å². The van der Waals surface area contributed by atoms with Crippen molar-refractivity contribution in [3.8, 4) is 5.82 Å². The van der Waals surface area contributed by atoms with Crippen LogP contribution in [0.25, 0.3) is 5.82 Å². The van der Waals surface area contributed by atoms with Gasteiger partial charge in [-0.05, 0) is 17.7 Å². The van der Waals surface area contributed by atoms with E-state index >= 15 is 0 Å². The van der Waals surface area contributed by atoms with Crippen LogP contribution >= 0.6 is 0 Å². The minimum atomic E-state index is -3.81. The maximum atomic E-state index is 11.3. The topological polar surface area (TPSA) is 124 Å². The summed E-state index contributed by atoms with van der Waals surface area (Å²) in [6.07, 6.45) is 1.66. The molecule has 24 heavy (non-hydrogen) atoms. The van der Waals surface area contributed by atoms with E-state index in [9.17, 15) is 13.5 Å². The molecule has 3 N–H and O–H groups in total. The van der Waals surface area contributed by atoms with Gasteiger partial charge in [0.2, 0.25) is 10.0 Å². The number of hydrogen-bond donors (Lipinski definition) is 2. The predicted octanol–water partition coefficient (Wildman–Crippen LogP) is 0.393. The molecule has 3 aromatic rings. The molecule has 0 saturated carbocycles. The van der Waals surface area contributed by atoms with Crippen molar-refractivity contribution in [2.45, 2.75) is 17.9 Å². The molecule has 0 saturated heterocycles. The van der Waals surface area contributed by atoms with Crippen LogP contribution in [-0.4, -0.2) is 33.3 Å². The highest BCUT2D eigenvalue weighted by molar-refractivity contribution is 7.89. The van der Waals surface area contributed by atoms with Crippen molar-refractivity contribution >= 4 is 10.0 Å². The molecule has 0 aliphatic heterocycles. The molecule has 0 aliphatic carbocycles. The van der Waals surface area contributed by atoms with Gasteiger partial charge in [-0.1, -0.05) is 30.3 Å². The van der Waals surface area contributed by atoms with Crippen LogP contribution < -0.4 is 5.14 Å². The number of nitrogens with two attached hydrogens (primary N) is 1. The van der Waals surface area contributed by atoms with E-state index in [0.717, 1.165) is 11.8 Å². The van der Waals surface area contributed by atoms with E-state index in [4.69, 9.17) is 5.14 Å². The zero-order chi connectivity index (χ0) is 17.2. The van der Waals surface area contributed by atoms with Crippen LogP contribution in [0.1, 0.15) is 17.2 Å². The minimum absolute atomic E-state index is 0.0849. The zero-order valence-corrected chi connectivity index (χ0v) is 13.4. The SMILES string of the molecule is NS(=O)(=O)c1ccc(-n2nc(CO)nc2Cc2ccccc2)nc1. The van der Waals surface area contributed by atoms with Gasteiger partial charge in [-0.25, -0.2) is 23.5 Å². The first kappa shape index (κ1) is 16.2. The number of primary sulfonamides is 1. The van der Waals surface area contributed by atoms with E-state index in [1.54, 1.807) is 0 Å². The Morgan fingerprint density at radius 3 is 2.46 bits per heavy atom. The van der Waals surface area contributed by atoms with Crippen molar-refractivity contribution in [3.05, 3.63) is 65.9 Å². The molecule has 3 rings (SSSR count). The number of sulfonamides is 1. The standard InChI is InChI=1S/C15H15N5O3S/c16-24(22,23)12-6-7-14(17-9-12)20-15(18-13(10-21)19-20)8-11-4-2-1-3-5-11/h1-7,9,21H,8,10H2,(H2,16,22,23). The van der Waals surface area contributed by atoms with E-state index < -0.39 is 10.0 Å². The Morgan fingerprint density at radius 1 is 1.12 bits per heavy atom. The molecule has 0 fully saturated rings. The summed E-state index contributed by atoms with van der Waals surface area (Å²) in [6, 6.07) is 12.5. The van der Waals surface area contributed by atoms with Gasteiger partial charge in [0.15, 0.2) is 11.6 Å². The van der Waals surface area contributed by atoms with Crippen molar-refractivity contribution in [3.63, 3.8) is 0 Å². The van der Waals surface area contributed by atoms with Gasteiger partial charge in [-0.2, -0.15) is 4.68 Å². The smallest absolute Gasteiger partial charge is 0.239 e. The van der Waals surface area contributed by atoms with Crippen molar-refractivity contribution in [2.24, 2.45) is 5.14 Å². The normalized spacial score (nSPS) is 11.6. The zero-order valence-electron chi connectivity index (χ0n) is 12.6. The van der Waals surface area contributed by atoms with Crippen molar-refractivity contribution in [1.29, 1.82) is 0 Å². The monoisotopic (exact) mass is 345 g/mol. The molecule has 0 bridgehead atoms. The summed E-state index contributed by atoms with van der Waals surface area (Å²) in [6.45, 7) is -0.302. The average Bonchev–Trinajstić information content (AvgIpc) is 2.98. The van der Waals surface area contributed by atoms with Crippen LogP contribution in [0, 0.1) is 0 Å². The maximum Gasteiger partial charge on any atom is 0.239 e. The van der Waals surface area contributed by atoms with Crippen molar-refractivity contribution in [2.75, 3.05) is 0 Å². The lowest BCUT2D eigenvalue weighted by molar-refractivity contribution is 0.271. The van der Waals surface area contributed by atoms with Gasteiger partial charge in [0, 0.05) is 12.6 Å². The lowest BCUT2D eigenvalue weighted by Crippen LogP contribution is -2.13. The number of benzene rings is 1. The fourth-order valence-corrected chi connectivity index (χ4v) is 2.66. The number of rotatable bonds is 5. The highest BCUT2D eigenvalue weighted by Gasteiger charge is 2.14. The highest BCUT2D eigenvalue weighted by Crippen LogP contribution is 2.14. The summed E-state index contributed by atoms with van der Waals surface area (Å²) in [5.41, 5.74) is 1.02. The summed E-state index contributed by atoms with van der Waals surface area (Å²) in [7, 11) is -3.81. The van der Waals surface area contributed by atoms with Crippen LogP contribution in [-0.2, 0) is 23.1 Å². The van der Waals surface area contributed by atoms with E-state index in [1.807, 2.05) is 30.3 Å². The van der Waals surface area contributed by atoms with Crippen molar-refractivity contribution < 1.29 is 13.5 Å². The molecule has 8 nitrogen and oxygen atoms in total. The Kier molecular flexibility index (Phi) is 4.38. The first-order valence-corrected chi connectivity index (χ1v) is 8.61. The second kappa shape index (κ2) is 6.48. The summed E-state index contributed by atoms with van der Waals surface area (Å²) in [5, 5.41) is 18.6. The fraction of sp³-hybridized carbons (Fsp3) is 0.133. The third-order valence-electron chi connectivity index (χ3n) is 3.33. The Balaban J connectivity index is 1.99. The number of aromatic nitrogens is 4. The minimum Gasteiger partial charge on any atom is -0.388 e. The largest absolute Gasteiger partial charge is 0.388 e. The van der Waals surface area contributed by atoms with E-state index in [-0.39, 0.29) is 17.3 Å². The average molecular weight is 345 g/mol. The predicted molar refractivity (Wildman–Crippen MR) is 85.7 cm³/mol. The quantitative estimate of drug-likeness (QED) is 0.689. The first-order valence-electron chi connectivity index (χ1n) is 7.06. The van der Waals surface area contributed by atoms with Crippen LogP contribution in [0.5, 0.6) is 0 Å². The number of pyridine rings is 1. The van der Waals surface area contributed by atoms with Gasteiger partial charge in [-0.15, -0.1) is 5.10 Å². The first-order chi connectivity index (χ1) is 11.5. The Bertz CT molecular complexity index is 937. The molecule has 0 amide bonds. The molecule has 0 unspecified atom stereocenters. The van der Waals surface area contributed by atoms with Gasteiger partial charge in [-0.3, -0.25) is 0 Å². The molecule has 1 aromatic carbocycles. The number of aliphatic hydroxyl groups excluding tert-OH is 1. The molecule has 2 aromatic heterocycles.